The smallest absolute Gasteiger partial charge is 0.160 e. The molecule has 0 amide bonds. The molecular weight excluding hydrogens is 466 g/mol. The summed E-state index contributed by atoms with van der Waals surface area (Å²) in [6.07, 6.45) is 4.80. The number of rotatable bonds is 14. The second-order valence-corrected chi connectivity index (χ2v) is 10.6. The molecule has 0 saturated carbocycles. The molecule has 0 spiro atoms. The molecular formula is C35H41NO2. The van der Waals surface area contributed by atoms with Crippen LogP contribution in [0, 0.1) is 0 Å². The van der Waals surface area contributed by atoms with E-state index in [4.69, 9.17) is 4.74 Å². The molecule has 0 saturated heterocycles. The standard InChI is InChI=1S/C35H41NO2/c1-4-35(3,25-28-18-19-29-12-5-7-15-32(29)24-28)36-22-11-23-38-26-33-16-8-6-13-30(33)20-21-31-14-9-10-17-34(31)27(2)37/h5-10,12-19,24,36H,4,11,20-23,25-26H2,1-3H3. The van der Waals surface area contributed by atoms with Gasteiger partial charge in [0.05, 0.1) is 6.61 Å². The van der Waals surface area contributed by atoms with Gasteiger partial charge in [-0.1, -0.05) is 97.9 Å². The van der Waals surface area contributed by atoms with Crippen molar-refractivity contribution in [3.63, 3.8) is 0 Å². The number of hydrogen-bond acceptors (Lipinski definition) is 3. The van der Waals surface area contributed by atoms with Gasteiger partial charge in [-0.3, -0.25) is 4.79 Å². The monoisotopic (exact) mass is 507 g/mol. The Morgan fingerprint density at radius 2 is 1.47 bits per heavy atom. The van der Waals surface area contributed by atoms with E-state index in [-0.39, 0.29) is 11.3 Å². The van der Waals surface area contributed by atoms with Crippen LogP contribution in [0.25, 0.3) is 10.8 Å². The van der Waals surface area contributed by atoms with Crippen molar-refractivity contribution in [3.8, 4) is 0 Å². The summed E-state index contributed by atoms with van der Waals surface area (Å²) in [5, 5.41) is 6.40. The van der Waals surface area contributed by atoms with Crippen molar-refractivity contribution in [2.45, 2.75) is 65.0 Å². The lowest BCUT2D eigenvalue weighted by molar-refractivity contribution is 0.101. The number of hydrogen-bond donors (Lipinski definition) is 1. The highest BCUT2D eigenvalue weighted by Crippen LogP contribution is 2.22. The summed E-state index contributed by atoms with van der Waals surface area (Å²) in [4.78, 5) is 12.0. The molecule has 1 atom stereocenters. The molecule has 1 unspecified atom stereocenters. The first-order chi connectivity index (χ1) is 18.5. The predicted molar refractivity (Wildman–Crippen MR) is 159 cm³/mol. The van der Waals surface area contributed by atoms with Crippen molar-refractivity contribution in [2.75, 3.05) is 13.2 Å². The summed E-state index contributed by atoms with van der Waals surface area (Å²) in [6.45, 7) is 8.50. The largest absolute Gasteiger partial charge is 0.377 e. The number of nitrogens with one attached hydrogen (secondary N) is 1. The first-order valence-corrected chi connectivity index (χ1v) is 13.9. The van der Waals surface area contributed by atoms with Gasteiger partial charge < -0.3 is 10.1 Å². The zero-order valence-electron chi connectivity index (χ0n) is 23.1. The van der Waals surface area contributed by atoms with Gasteiger partial charge in [-0.15, -0.1) is 0 Å². The first-order valence-electron chi connectivity index (χ1n) is 13.9. The second kappa shape index (κ2) is 13.5. The van der Waals surface area contributed by atoms with Crippen molar-refractivity contribution in [1.29, 1.82) is 0 Å². The summed E-state index contributed by atoms with van der Waals surface area (Å²) in [5.74, 6) is 0.127. The third kappa shape index (κ3) is 7.63. The van der Waals surface area contributed by atoms with Gasteiger partial charge in [0, 0.05) is 17.7 Å². The quantitative estimate of drug-likeness (QED) is 0.140. The fourth-order valence-corrected chi connectivity index (χ4v) is 5.15. The van der Waals surface area contributed by atoms with Crippen LogP contribution in [0.2, 0.25) is 0 Å². The Hall–Kier alpha value is -3.27. The number of ether oxygens (including phenoxy) is 1. The van der Waals surface area contributed by atoms with Crippen molar-refractivity contribution in [3.05, 3.63) is 119 Å². The van der Waals surface area contributed by atoms with E-state index in [1.807, 2.05) is 18.2 Å². The number of fused-ring (bicyclic) bond motifs is 1. The lowest BCUT2D eigenvalue weighted by Crippen LogP contribution is -2.44. The molecule has 0 bridgehead atoms. The molecule has 0 radical (unpaired) electrons. The molecule has 0 aliphatic rings. The maximum Gasteiger partial charge on any atom is 0.160 e. The van der Waals surface area contributed by atoms with Crippen LogP contribution in [0.5, 0.6) is 0 Å². The molecule has 0 aliphatic heterocycles. The number of aryl methyl sites for hydroxylation is 2. The van der Waals surface area contributed by atoms with E-state index in [1.165, 1.54) is 27.5 Å². The number of carbonyl (C=O) groups is 1. The number of ketones is 1. The molecule has 4 aromatic rings. The predicted octanol–water partition coefficient (Wildman–Crippen LogP) is 7.74. The summed E-state index contributed by atoms with van der Waals surface area (Å²) in [6, 6.07) is 31.8. The van der Waals surface area contributed by atoms with E-state index >= 15 is 0 Å². The van der Waals surface area contributed by atoms with E-state index < -0.39 is 0 Å². The Morgan fingerprint density at radius 3 is 2.24 bits per heavy atom. The van der Waals surface area contributed by atoms with E-state index in [1.54, 1.807) is 6.92 Å². The van der Waals surface area contributed by atoms with Crippen LogP contribution >= 0.6 is 0 Å². The molecule has 3 nitrogen and oxygen atoms in total. The molecule has 198 valence electrons. The molecule has 0 aliphatic carbocycles. The van der Waals surface area contributed by atoms with Gasteiger partial charge in [0.15, 0.2) is 5.78 Å². The topological polar surface area (TPSA) is 38.3 Å². The fraction of sp³-hybridized carbons (Fsp3) is 0.343. The van der Waals surface area contributed by atoms with E-state index in [9.17, 15) is 4.79 Å². The third-order valence-electron chi connectivity index (χ3n) is 7.64. The highest BCUT2D eigenvalue weighted by molar-refractivity contribution is 5.95. The number of benzene rings is 4. The molecule has 4 aromatic carbocycles. The van der Waals surface area contributed by atoms with Crippen LogP contribution in [0.15, 0.2) is 91.0 Å². The van der Waals surface area contributed by atoms with Gasteiger partial charge in [-0.2, -0.15) is 0 Å². The Bertz CT molecular complexity index is 1340. The Kier molecular flexibility index (Phi) is 9.86. The van der Waals surface area contributed by atoms with Crippen molar-refractivity contribution < 1.29 is 9.53 Å². The Balaban J connectivity index is 1.23. The summed E-state index contributed by atoms with van der Waals surface area (Å²) in [5.41, 5.74) is 5.90. The van der Waals surface area contributed by atoms with Crippen molar-refractivity contribution in [2.24, 2.45) is 0 Å². The molecule has 0 aromatic heterocycles. The molecule has 0 fully saturated rings. The minimum absolute atomic E-state index is 0.0607. The molecule has 4 rings (SSSR count). The second-order valence-electron chi connectivity index (χ2n) is 10.6. The third-order valence-corrected chi connectivity index (χ3v) is 7.64. The van der Waals surface area contributed by atoms with Crippen molar-refractivity contribution in [1.82, 2.24) is 5.32 Å². The van der Waals surface area contributed by atoms with E-state index in [0.29, 0.717) is 6.61 Å². The maximum absolute atomic E-state index is 12.0. The van der Waals surface area contributed by atoms with Crippen LogP contribution in [-0.4, -0.2) is 24.5 Å². The maximum atomic E-state index is 12.0. The summed E-state index contributed by atoms with van der Waals surface area (Å²) < 4.78 is 6.10. The van der Waals surface area contributed by atoms with Gasteiger partial charge in [-0.25, -0.2) is 0 Å². The molecule has 0 heterocycles. The lowest BCUT2D eigenvalue weighted by Gasteiger charge is -2.30. The van der Waals surface area contributed by atoms with Crippen molar-refractivity contribution >= 4 is 16.6 Å². The lowest BCUT2D eigenvalue weighted by atomic mass is 9.89. The molecule has 3 heteroatoms. The van der Waals surface area contributed by atoms with E-state index in [0.717, 1.165) is 56.4 Å². The average molecular weight is 508 g/mol. The Labute approximate surface area is 228 Å². The SMILES string of the molecule is CCC(C)(Cc1ccc2ccccc2c1)NCCCOCc1ccccc1CCc1ccccc1C(C)=O. The van der Waals surface area contributed by atoms with Gasteiger partial charge in [0.25, 0.3) is 0 Å². The Morgan fingerprint density at radius 1 is 0.816 bits per heavy atom. The van der Waals surface area contributed by atoms with Crippen LogP contribution in [0.4, 0.5) is 0 Å². The van der Waals surface area contributed by atoms with Crippen LogP contribution in [0.3, 0.4) is 0 Å². The van der Waals surface area contributed by atoms with Gasteiger partial charge in [0.2, 0.25) is 0 Å². The average Bonchev–Trinajstić information content (AvgIpc) is 2.94. The molecule has 38 heavy (non-hydrogen) atoms. The fourth-order valence-electron chi connectivity index (χ4n) is 5.15. The zero-order valence-corrected chi connectivity index (χ0v) is 23.1. The highest BCUT2D eigenvalue weighted by Gasteiger charge is 2.21. The van der Waals surface area contributed by atoms with Crippen LogP contribution in [0.1, 0.15) is 66.2 Å². The first kappa shape index (κ1) is 27.8. The normalized spacial score (nSPS) is 12.9. The van der Waals surface area contributed by atoms with Gasteiger partial charge in [0.1, 0.15) is 0 Å². The molecule has 1 N–H and O–H groups in total. The van der Waals surface area contributed by atoms with Crippen LogP contribution < -0.4 is 5.32 Å². The summed E-state index contributed by atoms with van der Waals surface area (Å²) >= 11 is 0. The minimum Gasteiger partial charge on any atom is -0.377 e. The minimum atomic E-state index is 0.0607. The summed E-state index contributed by atoms with van der Waals surface area (Å²) in [7, 11) is 0. The number of carbonyl (C=O) groups excluding carboxylic acids is 1. The van der Waals surface area contributed by atoms with Gasteiger partial charge >= 0.3 is 0 Å². The number of Topliss-reactive ketones (excluding diaryl/α,β-unsaturated/α-hetero) is 1. The van der Waals surface area contributed by atoms with Gasteiger partial charge in [-0.05, 0) is 85.5 Å². The van der Waals surface area contributed by atoms with Crippen LogP contribution in [-0.2, 0) is 30.6 Å². The zero-order chi connectivity index (χ0) is 26.8. The highest BCUT2D eigenvalue weighted by atomic mass is 16.5. The van der Waals surface area contributed by atoms with E-state index in [2.05, 4.69) is 92.0 Å².